The van der Waals surface area contributed by atoms with Gasteiger partial charge in [-0.05, 0) is 109 Å². The molecule has 3 aliphatic rings. The van der Waals surface area contributed by atoms with E-state index in [0.717, 1.165) is 87.0 Å². The maximum atomic E-state index is 14.5. The maximum Gasteiger partial charge on any atom is 0.268 e. The quantitative estimate of drug-likeness (QED) is 0.129. The molecule has 2 N–H and O–H groups in total. The van der Waals surface area contributed by atoms with Crippen LogP contribution in [-0.4, -0.2) is 68.5 Å². The molecule has 5 aromatic rings. The Morgan fingerprint density at radius 1 is 1.00 bits per heavy atom. The molecule has 1 saturated heterocycles. The molecule has 1 amide bonds. The first-order chi connectivity index (χ1) is 26.9. The number of benzene rings is 3. The fourth-order valence-corrected chi connectivity index (χ4v) is 8.69. The molecule has 2 aromatic heterocycles. The minimum Gasteiger partial charge on any atom is -0.490 e. The van der Waals surface area contributed by atoms with Gasteiger partial charge in [-0.3, -0.25) is 9.69 Å². The summed E-state index contributed by atoms with van der Waals surface area (Å²) in [5.41, 5.74) is 5.77. The minimum absolute atomic E-state index is 0.0389. The lowest BCUT2D eigenvalue weighted by Gasteiger charge is -2.39. The number of fused-ring (bicyclic) bond motifs is 1. The molecule has 3 aromatic carbocycles. The van der Waals surface area contributed by atoms with Gasteiger partial charge in [0.25, 0.3) is 15.9 Å². The summed E-state index contributed by atoms with van der Waals surface area (Å²) in [5, 5.41) is 1.53. The number of piperazine rings is 1. The SMILES string of the molecule is CC1(C)CCC(CN2CCN(c3ccc(S(=O)(=O)NC(=O)c4ccc(F)c(OCC5CC5)c4)c(Oc4cnc5[nH]ccc5c4)c3)CC2)=C(c2ccc(Cl)cc2)C1. The van der Waals surface area contributed by atoms with Crippen LogP contribution in [0.2, 0.25) is 5.02 Å². The van der Waals surface area contributed by atoms with Crippen LogP contribution in [0.4, 0.5) is 10.1 Å². The number of amides is 1. The molecule has 2 aliphatic carbocycles. The van der Waals surface area contributed by atoms with Crippen molar-refractivity contribution in [2.45, 2.75) is 50.8 Å². The highest BCUT2D eigenvalue weighted by Crippen LogP contribution is 2.43. The van der Waals surface area contributed by atoms with Crippen LogP contribution in [0.3, 0.4) is 0 Å². The number of anilines is 1. The molecule has 0 unspecified atom stereocenters. The summed E-state index contributed by atoms with van der Waals surface area (Å²) < 4.78 is 56.3. The second-order valence-electron chi connectivity index (χ2n) is 15.8. The van der Waals surface area contributed by atoms with Crippen LogP contribution in [0.25, 0.3) is 16.6 Å². The number of halogens is 2. The standard InChI is InChI=1S/C43H45ClFN5O5S/c1-43(2)15-13-32(36(24-43)29-5-8-33(44)9-6-29)26-49-17-19-50(20-18-49)34-10-12-40(39(23-34)55-35-21-30-14-16-46-41(30)47-25-35)56(52,53)48-42(51)31-7-11-37(45)38(22-31)54-27-28-3-4-28/h5-12,14,16,21-23,25,28H,3-4,13,15,17-20,24,26-27H2,1-2H3,(H,46,47)(H,48,51). The fraction of sp³-hybridized carbons (Fsp3) is 0.349. The Labute approximate surface area is 331 Å². The van der Waals surface area contributed by atoms with Gasteiger partial charge in [-0.2, -0.15) is 0 Å². The molecule has 1 saturated carbocycles. The van der Waals surface area contributed by atoms with Crippen LogP contribution in [0.15, 0.2) is 95.7 Å². The van der Waals surface area contributed by atoms with E-state index in [1.807, 2.05) is 18.2 Å². The first-order valence-corrected chi connectivity index (χ1v) is 20.9. The Morgan fingerprint density at radius 2 is 1.79 bits per heavy atom. The summed E-state index contributed by atoms with van der Waals surface area (Å²) >= 11 is 6.23. The van der Waals surface area contributed by atoms with E-state index in [4.69, 9.17) is 21.1 Å². The summed E-state index contributed by atoms with van der Waals surface area (Å²) in [6.45, 7) is 9.01. The molecule has 2 fully saturated rings. The molecular weight excluding hydrogens is 753 g/mol. The van der Waals surface area contributed by atoms with Crippen LogP contribution >= 0.6 is 11.6 Å². The molecule has 0 bridgehead atoms. The lowest BCUT2D eigenvalue weighted by atomic mass is 9.72. The largest absolute Gasteiger partial charge is 0.490 e. The highest BCUT2D eigenvalue weighted by Gasteiger charge is 2.31. The number of rotatable bonds is 12. The van der Waals surface area contributed by atoms with Crippen LogP contribution < -0.4 is 19.1 Å². The van der Waals surface area contributed by atoms with E-state index in [9.17, 15) is 17.6 Å². The van der Waals surface area contributed by atoms with E-state index >= 15 is 0 Å². The Morgan fingerprint density at radius 3 is 2.55 bits per heavy atom. The van der Waals surface area contributed by atoms with Crippen molar-refractivity contribution in [1.82, 2.24) is 19.6 Å². The number of nitrogens with zero attached hydrogens (tertiary/aromatic N) is 3. The number of H-pyrrole nitrogens is 1. The Kier molecular flexibility index (Phi) is 10.6. The number of allylic oxidation sites excluding steroid dienone is 1. The highest BCUT2D eigenvalue weighted by molar-refractivity contribution is 7.90. The van der Waals surface area contributed by atoms with Crippen molar-refractivity contribution in [2.75, 3.05) is 44.2 Å². The number of pyridine rings is 1. The van der Waals surface area contributed by atoms with Crippen LogP contribution in [0, 0.1) is 17.2 Å². The zero-order chi connectivity index (χ0) is 39.0. The van der Waals surface area contributed by atoms with E-state index in [1.54, 1.807) is 24.4 Å². The maximum absolute atomic E-state index is 14.5. The van der Waals surface area contributed by atoms with Gasteiger partial charge in [-0.25, -0.2) is 22.5 Å². The average molecular weight is 798 g/mol. The van der Waals surface area contributed by atoms with Gasteiger partial charge in [-0.15, -0.1) is 0 Å². The van der Waals surface area contributed by atoms with Crippen molar-refractivity contribution >= 4 is 49.8 Å². The van der Waals surface area contributed by atoms with Crippen molar-refractivity contribution in [3.63, 3.8) is 0 Å². The molecule has 292 valence electrons. The molecular formula is C43H45ClFN5O5S. The van der Waals surface area contributed by atoms with E-state index in [-0.39, 0.29) is 27.4 Å². The summed E-state index contributed by atoms with van der Waals surface area (Å²) in [7, 11) is -4.47. The van der Waals surface area contributed by atoms with Crippen LogP contribution in [-0.2, 0) is 10.0 Å². The second-order valence-corrected chi connectivity index (χ2v) is 17.9. The topological polar surface area (TPSA) is 117 Å². The van der Waals surface area contributed by atoms with Gasteiger partial charge in [0.05, 0.1) is 12.8 Å². The van der Waals surface area contributed by atoms with E-state index in [2.05, 4.69) is 50.5 Å². The van der Waals surface area contributed by atoms with Crippen molar-refractivity contribution in [3.8, 4) is 17.2 Å². The molecule has 56 heavy (non-hydrogen) atoms. The molecule has 0 atom stereocenters. The van der Waals surface area contributed by atoms with Gasteiger partial charge in [-0.1, -0.05) is 43.2 Å². The third-order valence-corrected chi connectivity index (χ3v) is 12.6. The van der Waals surface area contributed by atoms with E-state index in [1.165, 1.54) is 41.1 Å². The lowest BCUT2D eigenvalue weighted by Crippen LogP contribution is -2.47. The van der Waals surface area contributed by atoms with Crippen molar-refractivity contribution in [2.24, 2.45) is 11.3 Å². The van der Waals surface area contributed by atoms with Gasteiger partial charge < -0.3 is 19.4 Å². The van der Waals surface area contributed by atoms with Crippen LogP contribution in [0.5, 0.6) is 17.2 Å². The summed E-state index contributed by atoms with van der Waals surface area (Å²) in [5.74, 6) is -0.895. The number of aromatic nitrogens is 2. The number of sulfonamides is 1. The minimum atomic E-state index is -4.47. The lowest BCUT2D eigenvalue weighted by molar-refractivity contribution is 0.0980. The Hall–Kier alpha value is -4.91. The number of carbonyl (C=O) groups excluding carboxylic acids is 1. The second kappa shape index (κ2) is 15.6. The number of nitrogens with one attached hydrogen (secondary N) is 2. The van der Waals surface area contributed by atoms with Crippen molar-refractivity contribution < 1.29 is 27.1 Å². The highest BCUT2D eigenvalue weighted by atomic mass is 35.5. The van der Waals surface area contributed by atoms with Crippen molar-refractivity contribution in [1.29, 1.82) is 0 Å². The number of ether oxygens (including phenoxy) is 2. The number of aromatic amines is 1. The first kappa shape index (κ1) is 38.0. The van der Waals surface area contributed by atoms with E-state index < -0.39 is 21.7 Å². The van der Waals surface area contributed by atoms with Gasteiger partial charge in [0.1, 0.15) is 22.0 Å². The predicted molar refractivity (Wildman–Crippen MR) is 217 cm³/mol. The van der Waals surface area contributed by atoms with Gasteiger partial charge in [0, 0.05) is 66.6 Å². The van der Waals surface area contributed by atoms with Gasteiger partial charge in [0.2, 0.25) is 0 Å². The summed E-state index contributed by atoms with van der Waals surface area (Å²) in [4.78, 5) is 25.2. The number of hydrogen-bond acceptors (Lipinski definition) is 8. The fourth-order valence-electron chi connectivity index (χ4n) is 7.48. The zero-order valence-electron chi connectivity index (χ0n) is 31.5. The Balaban J connectivity index is 1.02. The molecule has 0 radical (unpaired) electrons. The third kappa shape index (κ3) is 8.72. The molecule has 10 nitrogen and oxygen atoms in total. The van der Waals surface area contributed by atoms with E-state index in [0.29, 0.717) is 23.9 Å². The average Bonchev–Trinajstić information content (AvgIpc) is 3.89. The third-order valence-electron chi connectivity index (χ3n) is 10.9. The number of hydrogen-bond donors (Lipinski definition) is 2. The zero-order valence-corrected chi connectivity index (χ0v) is 33.1. The molecule has 8 rings (SSSR count). The monoisotopic (exact) mass is 797 g/mol. The summed E-state index contributed by atoms with van der Waals surface area (Å²) in [6, 6.07) is 20.2. The molecule has 1 aliphatic heterocycles. The molecule has 0 spiro atoms. The predicted octanol–water partition coefficient (Wildman–Crippen LogP) is 8.84. The Bertz CT molecular complexity index is 2400. The number of carbonyl (C=O) groups is 1. The van der Waals surface area contributed by atoms with Gasteiger partial charge in [0.15, 0.2) is 11.6 Å². The van der Waals surface area contributed by atoms with Crippen LogP contribution in [0.1, 0.15) is 61.9 Å². The molecule has 3 heterocycles. The normalized spacial score (nSPS) is 17.6. The first-order valence-electron chi connectivity index (χ1n) is 19.1. The van der Waals surface area contributed by atoms with Gasteiger partial charge >= 0.3 is 0 Å². The smallest absolute Gasteiger partial charge is 0.268 e. The summed E-state index contributed by atoms with van der Waals surface area (Å²) in [6.07, 6.45) is 8.52. The van der Waals surface area contributed by atoms with Crippen molar-refractivity contribution in [3.05, 3.63) is 113 Å². The molecule has 13 heteroatoms.